The first-order valence-corrected chi connectivity index (χ1v) is 8.16. The summed E-state index contributed by atoms with van der Waals surface area (Å²) in [5.41, 5.74) is 1.54. The summed E-state index contributed by atoms with van der Waals surface area (Å²) in [7, 11) is 0. The summed E-state index contributed by atoms with van der Waals surface area (Å²) >= 11 is 1.60. The molecule has 0 bridgehead atoms. The van der Waals surface area contributed by atoms with Crippen molar-refractivity contribution in [3.8, 4) is 0 Å². The lowest BCUT2D eigenvalue weighted by Gasteiger charge is -2.32. The Labute approximate surface area is 135 Å². The molecule has 0 unspecified atom stereocenters. The number of nitrogens with zero attached hydrogens (tertiary/aromatic N) is 1. The van der Waals surface area contributed by atoms with Crippen molar-refractivity contribution in [1.82, 2.24) is 4.90 Å². The molecule has 23 heavy (non-hydrogen) atoms. The highest BCUT2D eigenvalue weighted by Crippen LogP contribution is 2.55. The van der Waals surface area contributed by atoms with Crippen molar-refractivity contribution >= 4 is 17.7 Å². The van der Waals surface area contributed by atoms with Crippen LogP contribution in [0.15, 0.2) is 48.5 Å². The van der Waals surface area contributed by atoms with Crippen molar-refractivity contribution < 1.29 is 18.0 Å². The normalized spacial score (nSPS) is 23.1. The molecule has 118 valence electrons. The van der Waals surface area contributed by atoms with E-state index in [9.17, 15) is 18.0 Å². The maximum atomic E-state index is 12.8. The number of hydrogen-bond donors (Lipinski definition) is 0. The molecule has 0 aromatic heterocycles. The summed E-state index contributed by atoms with van der Waals surface area (Å²) in [5, 5.41) is 0. The van der Waals surface area contributed by atoms with Gasteiger partial charge in [0.2, 0.25) is 0 Å². The fraction of sp³-hybridized carbons (Fsp3) is 0.235. The van der Waals surface area contributed by atoms with Crippen LogP contribution in [-0.2, 0) is 11.0 Å². The average Bonchev–Trinajstić information content (AvgIpc) is 3.07. The molecule has 1 amide bonds. The first-order valence-electron chi connectivity index (χ1n) is 7.18. The molecule has 2 nitrogen and oxygen atoms in total. The monoisotopic (exact) mass is 335 g/mol. The van der Waals surface area contributed by atoms with E-state index in [2.05, 4.69) is 0 Å². The van der Waals surface area contributed by atoms with E-state index in [1.807, 2.05) is 18.2 Å². The largest absolute Gasteiger partial charge is 0.416 e. The second kappa shape index (κ2) is 4.77. The lowest BCUT2D eigenvalue weighted by atomic mass is 9.96. The summed E-state index contributed by atoms with van der Waals surface area (Å²) in [5.74, 6) is 0.715. The van der Waals surface area contributed by atoms with Crippen LogP contribution >= 0.6 is 11.8 Å². The summed E-state index contributed by atoms with van der Waals surface area (Å²) in [6.45, 7) is 0.596. The number of alkyl halides is 3. The predicted octanol–water partition coefficient (Wildman–Crippen LogP) is 4.11. The maximum Gasteiger partial charge on any atom is 0.416 e. The SMILES string of the molecule is O=C1c2ccccc2[C@]2(c3ccc(C(F)(F)F)cc3)SCCN12. The maximum absolute atomic E-state index is 12.8. The number of benzene rings is 2. The number of hydrogen-bond acceptors (Lipinski definition) is 2. The van der Waals surface area contributed by atoms with Crippen LogP contribution in [0.2, 0.25) is 0 Å². The summed E-state index contributed by atoms with van der Waals surface area (Å²) < 4.78 is 38.4. The van der Waals surface area contributed by atoms with Gasteiger partial charge >= 0.3 is 6.18 Å². The van der Waals surface area contributed by atoms with Gasteiger partial charge < -0.3 is 4.90 Å². The highest BCUT2D eigenvalue weighted by molar-refractivity contribution is 8.00. The van der Waals surface area contributed by atoms with Gasteiger partial charge in [-0.1, -0.05) is 30.3 Å². The number of fused-ring (bicyclic) bond motifs is 3. The minimum Gasteiger partial charge on any atom is -0.315 e. The number of halogens is 3. The van der Waals surface area contributed by atoms with Gasteiger partial charge in [0.15, 0.2) is 0 Å². The van der Waals surface area contributed by atoms with Crippen LogP contribution < -0.4 is 0 Å². The van der Waals surface area contributed by atoms with Crippen LogP contribution in [0, 0.1) is 0 Å². The molecule has 2 aromatic carbocycles. The molecular weight excluding hydrogens is 323 g/mol. The Bertz CT molecular complexity index is 787. The molecule has 1 atom stereocenters. The fourth-order valence-electron chi connectivity index (χ4n) is 3.38. The molecule has 2 aliphatic rings. The van der Waals surface area contributed by atoms with Gasteiger partial charge in [0.25, 0.3) is 5.91 Å². The number of thioether (sulfide) groups is 1. The van der Waals surface area contributed by atoms with Crippen molar-refractivity contribution in [2.75, 3.05) is 12.3 Å². The van der Waals surface area contributed by atoms with Gasteiger partial charge in [-0.3, -0.25) is 4.79 Å². The predicted molar refractivity (Wildman–Crippen MR) is 82.2 cm³/mol. The Kier molecular flexibility index (Phi) is 3.04. The van der Waals surface area contributed by atoms with Crippen molar-refractivity contribution in [3.63, 3.8) is 0 Å². The molecule has 0 aliphatic carbocycles. The van der Waals surface area contributed by atoms with Crippen LogP contribution in [0.5, 0.6) is 0 Å². The highest BCUT2D eigenvalue weighted by Gasteiger charge is 2.54. The number of amides is 1. The van der Waals surface area contributed by atoms with Crippen molar-refractivity contribution in [2.24, 2.45) is 0 Å². The molecule has 0 spiro atoms. The molecule has 0 N–H and O–H groups in total. The molecular formula is C17H12F3NOS. The highest BCUT2D eigenvalue weighted by atomic mass is 32.2. The first-order chi connectivity index (χ1) is 10.9. The number of rotatable bonds is 1. The van der Waals surface area contributed by atoms with E-state index in [-0.39, 0.29) is 5.91 Å². The zero-order chi connectivity index (χ0) is 16.2. The Morgan fingerprint density at radius 2 is 1.74 bits per heavy atom. The third kappa shape index (κ3) is 1.94. The second-order valence-corrected chi connectivity index (χ2v) is 6.86. The van der Waals surface area contributed by atoms with Crippen LogP contribution in [0.3, 0.4) is 0 Å². The van der Waals surface area contributed by atoms with Gasteiger partial charge in [-0.15, -0.1) is 11.8 Å². The molecule has 4 rings (SSSR count). The van der Waals surface area contributed by atoms with E-state index in [0.717, 1.165) is 23.4 Å². The average molecular weight is 335 g/mol. The Balaban J connectivity index is 1.88. The van der Waals surface area contributed by atoms with Crippen molar-refractivity contribution in [3.05, 3.63) is 70.8 Å². The number of carbonyl (C=O) groups is 1. The van der Waals surface area contributed by atoms with Crippen LogP contribution in [0.25, 0.3) is 0 Å². The van der Waals surface area contributed by atoms with Gasteiger partial charge in [-0.25, -0.2) is 0 Å². The van der Waals surface area contributed by atoms with E-state index < -0.39 is 16.6 Å². The molecule has 1 fully saturated rings. The topological polar surface area (TPSA) is 20.3 Å². The van der Waals surface area contributed by atoms with Crippen LogP contribution in [-0.4, -0.2) is 23.1 Å². The number of carbonyl (C=O) groups excluding carboxylic acids is 1. The van der Waals surface area contributed by atoms with E-state index >= 15 is 0 Å². The molecule has 0 radical (unpaired) electrons. The van der Waals surface area contributed by atoms with Crippen molar-refractivity contribution in [1.29, 1.82) is 0 Å². The third-order valence-electron chi connectivity index (χ3n) is 4.38. The zero-order valence-electron chi connectivity index (χ0n) is 11.9. The van der Waals surface area contributed by atoms with Crippen molar-refractivity contribution in [2.45, 2.75) is 11.0 Å². The van der Waals surface area contributed by atoms with Gasteiger partial charge in [-0.05, 0) is 23.8 Å². The Morgan fingerprint density at radius 3 is 2.43 bits per heavy atom. The molecule has 2 aliphatic heterocycles. The van der Waals surface area contributed by atoms with E-state index in [4.69, 9.17) is 0 Å². The standard InChI is InChI=1S/C17H12F3NOS/c18-17(19,20)12-7-5-11(6-8-12)16-14-4-2-1-3-13(14)15(22)21(16)9-10-23-16/h1-8H,9-10H2/t16-/m0/s1. The summed E-state index contributed by atoms with van der Waals surface area (Å²) in [6.07, 6.45) is -4.36. The Hall–Kier alpha value is -1.95. The molecule has 6 heteroatoms. The first kappa shape index (κ1) is 14.6. The second-order valence-electron chi connectivity index (χ2n) is 5.57. The smallest absolute Gasteiger partial charge is 0.315 e. The summed E-state index contributed by atoms with van der Waals surface area (Å²) in [6, 6.07) is 12.5. The van der Waals surface area contributed by atoms with E-state index in [1.54, 1.807) is 22.7 Å². The lowest BCUT2D eigenvalue weighted by molar-refractivity contribution is -0.137. The molecule has 2 heterocycles. The minimum absolute atomic E-state index is 0.0505. The quantitative estimate of drug-likeness (QED) is 0.782. The summed E-state index contributed by atoms with van der Waals surface area (Å²) in [4.78, 5) is 13.7. The molecule has 1 saturated heterocycles. The minimum atomic E-state index is -4.36. The van der Waals surface area contributed by atoms with E-state index in [0.29, 0.717) is 17.7 Å². The van der Waals surface area contributed by atoms with Gasteiger partial charge in [0.1, 0.15) is 4.87 Å². The molecule has 0 saturated carbocycles. The molecule has 2 aromatic rings. The lowest BCUT2D eigenvalue weighted by Crippen LogP contribution is -2.37. The van der Waals surface area contributed by atoms with Crippen LogP contribution in [0.4, 0.5) is 13.2 Å². The fourth-order valence-corrected chi connectivity index (χ4v) is 4.91. The Morgan fingerprint density at radius 1 is 1.04 bits per heavy atom. The van der Waals surface area contributed by atoms with Gasteiger partial charge in [-0.2, -0.15) is 13.2 Å². The van der Waals surface area contributed by atoms with Gasteiger partial charge in [0, 0.05) is 23.4 Å². The van der Waals surface area contributed by atoms with Crippen LogP contribution in [0.1, 0.15) is 27.0 Å². The van der Waals surface area contributed by atoms with Gasteiger partial charge in [0.05, 0.1) is 5.56 Å². The zero-order valence-corrected chi connectivity index (χ0v) is 12.7. The third-order valence-corrected chi connectivity index (χ3v) is 5.86. The van der Waals surface area contributed by atoms with E-state index in [1.165, 1.54) is 12.1 Å².